The minimum absolute atomic E-state index is 0.180. The van der Waals surface area contributed by atoms with Crippen LogP contribution < -0.4 is 14.8 Å². The smallest absolute Gasteiger partial charge is 0.491 e. The molecule has 10 heteroatoms. The van der Waals surface area contributed by atoms with Gasteiger partial charge in [-0.2, -0.15) is 5.10 Å². The standard InChI is InChI=1S/C24H20F3N4O3/c1-30-21(10-11-28-30)20-16-18(6-9-22(20)33-15-14-31-12-2-3-13-31)29-23(32)17-4-7-19(8-5-17)34-24(25,26)27/h2-12,16H,14-15H2,1H3,(H,29,32). The molecule has 0 saturated heterocycles. The maximum Gasteiger partial charge on any atom is 0.573 e. The van der Waals surface area contributed by atoms with Gasteiger partial charge in [-0.25, -0.2) is 0 Å². The van der Waals surface area contributed by atoms with Gasteiger partial charge in [-0.3, -0.25) is 9.48 Å². The second kappa shape index (κ2) is 9.74. The van der Waals surface area contributed by atoms with Gasteiger partial charge < -0.3 is 19.4 Å². The molecule has 175 valence electrons. The maximum atomic E-state index is 12.6. The molecule has 0 fully saturated rings. The van der Waals surface area contributed by atoms with E-state index in [1.54, 1.807) is 36.1 Å². The van der Waals surface area contributed by atoms with Crippen molar-refractivity contribution >= 4 is 11.6 Å². The summed E-state index contributed by atoms with van der Waals surface area (Å²) in [6.07, 6.45) is 1.80. The average molecular weight is 469 g/mol. The molecule has 4 rings (SSSR count). The molecule has 0 aliphatic carbocycles. The number of carbonyl (C=O) groups is 1. The fraction of sp³-hybridized carbons (Fsp3) is 0.167. The van der Waals surface area contributed by atoms with Gasteiger partial charge in [0.25, 0.3) is 5.91 Å². The monoisotopic (exact) mass is 469 g/mol. The van der Waals surface area contributed by atoms with Crippen molar-refractivity contribution in [3.8, 4) is 22.8 Å². The second-order valence-electron chi connectivity index (χ2n) is 7.26. The first-order valence-corrected chi connectivity index (χ1v) is 10.2. The number of rotatable bonds is 8. The number of amides is 1. The Morgan fingerprint density at radius 2 is 1.94 bits per heavy atom. The number of aromatic nitrogens is 3. The molecular weight excluding hydrogens is 449 g/mol. The number of benzene rings is 2. The Morgan fingerprint density at radius 1 is 1.15 bits per heavy atom. The lowest BCUT2D eigenvalue weighted by molar-refractivity contribution is -0.274. The highest BCUT2D eigenvalue weighted by atomic mass is 19.4. The summed E-state index contributed by atoms with van der Waals surface area (Å²) in [7, 11) is 1.80. The van der Waals surface area contributed by atoms with E-state index >= 15 is 0 Å². The summed E-state index contributed by atoms with van der Waals surface area (Å²) in [6, 6.07) is 15.4. The zero-order chi connectivity index (χ0) is 24.1. The normalized spacial score (nSPS) is 11.3. The molecule has 7 nitrogen and oxygen atoms in total. The molecule has 0 aliphatic heterocycles. The van der Waals surface area contributed by atoms with Crippen LogP contribution in [-0.2, 0) is 13.6 Å². The van der Waals surface area contributed by atoms with Crippen molar-refractivity contribution < 1.29 is 27.4 Å². The number of nitrogens with zero attached hydrogens (tertiary/aromatic N) is 3. The summed E-state index contributed by atoms with van der Waals surface area (Å²) in [5.74, 6) is -0.268. The highest BCUT2D eigenvalue weighted by Crippen LogP contribution is 2.33. The third-order valence-corrected chi connectivity index (χ3v) is 4.88. The van der Waals surface area contributed by atoms with Crippen LogP contribution >= 0.6 is 0 Å². The molecule has 0 aliphatic rings. The topological polar surface area (TPSA) is 70.3 Å². The highest BCUT2D eigenvalue weighted by Gasteiger charge is 2.31. The van der Waals surface area contributed by atoms with E-state index in [9.17, 15) is 18.0 Å². The molecule has 1 radical (unpaired) electrons. The summed E-state index contributed by atoms with van der Waals surface area (Å²) >= 11 is 0. The third kappa shape index (κ3) is 5.77. The Balaban J connectivity index is 1.50. The van der Waals surface area contributed by atoms with Crippen LogP contribution in [0.1, 0.15) is 10.4 Å². The number of anilines is 1. The Bertz CT molecular complexity index is 1250. The van der Waals surface area contributed by atoms with Gasteiger partial charge in [0.15, 0.2) is 0 Å². The minimum atomic E-state index is -4.80. The van der Waals surface area contributed by atoms with Crippen LogP contribution in [0.3, 0.4) is 0 Å². The molecule has 2 heterocycles. The van der Waals surface area contributed by atoms with E-state index in [-0.39, 0.29) is 5.56 Å². The van der Waals surface area contributed by atoms with Crippen LogP contribution in [0.15, 0.2) is 73.1 Å². The SMILES string of the molecule is Cn1nccc1-c1cc(NC(=O)c2ccc(OC(F)(F)F)cc2)ccc1OCCn1[c]ccc1. The van der Waals surface area contributed by atoms with E-state index in [0.29, 0.717) is 24.6 Å². The first-order valence-electron chi connectivity index (χ1n) is 10.2. The number of nitrogens with one attached hydrogen (secondary N) is 1. The van der Waals surface area contributed by atoms with Crippen LogP contribution in [0.25, 0.3) is 11.3 Å². The lowest BCUT2D eigenvalue weighted by Crippen LogP contribution is -2.17. The zero-order valence-corrected chi connectivity index (χ0v) is 18.0. The van der Waals surface area contributed by atoms with Gasteiger partial charge in [-0.05, 0) is 60.7 Å². The number of hydrogen-bond donors (Lipinski definition) is 1. The summed E-state index contributed by atoms with van der Waals surface area (Å²) in [5.41, 5.74) is 2.18. The van der Waals surface area contributed by atoms with Crippen LogP contribution in [0.5, 0.6) is 11.5 Å². The zero-order valence-electron chi connectivity index (χ0n) is 18.0. The Kier molecular flexibility index (Phi) is 6.58. The van der Waals surface area contributed by atoms with Crippen LogP contribution in [0.2, 0.25) is 0 Å². The lowest BCUT2D eigenvalue weighted by atomic mass is 10.1. The quantitative estimate of drug-likeness (QED) is 0.398. The first kappa shape index (κ1) is 23.0. The molecule has 0 atom stereocenters. The Hall–Kier alpha value is -4.21. The van der Waals surface area contributed by atoms with E-state index in [1.807, 2.05) is 29.0 Å². The van der Waals surface area contributed by atoms with Crippen LogP contribution in [0.4, 0.5) is 18.9 Å². The van der Waals surface area contributed by atoms with Crippen molar-refractivity contribution in [2.75, 3.05) is 11.9 Å². The molecule has 4 aromatic rings. The second-order valence-corrected chi connectivity index (χ2v) is 7.26. The summed E-state index contributed by atoms with van der Waals surface area (Å²) in [6.45, 7) is 1.03. The van der Waals surface area contributed by atoms with Gasteiger partial charge in [-0.15, -0.1) is 13.2 Å². The van der Waals surface area contributed by atoms with Gasteiger partial charge in [0, 0.05) is 36.3 Å². The highest BCUT2D eigenvalue weighted by molar-refractivity contribution is 6.04. The molecule has 0 unspecified atom stereocenters. The molecular formula is C24H20F3N4O3. The first-order chi connectivity index (χ1) is 16.3. The van der Waals surface area contributed by atoms with E-state index < -0.39 is 18.0 Å². The van der Waals surface area contributed by atoms with Crippen molar-refractivity contribution in [1.29, 1.82) is 0 Å². The summed E-state index contributed by atoms with van der Waals surface area (Å²) in [5, 5.41) is 6.96. The molecule has 1 amide bonds. The number of hydrogen-bond acceptors (Lipinski definition) is 4. The van der Waals surface area contributed by atoms with Crippen LogP contribution in [0, 0.1) is 6.20 Å². The molecule has 1 N–H and O–H groups in total. The number of alkyl halides is 3. The molecule has 2 aromatic heterocycles. The Labute approximate surface area is 193 Å². The lowest BCUT2D eigenvalue weighted by Gasteiger charge is -2.15. The van der Waals surface area contributed by atoms with E-state index in [4.69, 9.17) is 4.74 Å². The number of halogens is 3. The van der Waals surface area contributed by atoms with Crippen LogP contribution in [-0.4, -0.2) is 33.2 Å². The molecule has 34 heavy (non-hydrogen) atoms. The largest absolute Gasteiger partial charge is 0.573 e. The third-order valence-electron chi connectivity index (χ3n) is 4.88. The summed E-state index contributed by atoms with van der Waals surface area (Å²) in [4.78, 5) is 12.6. The van der Waals surface area contributed by atoms with Gasteiger partial charge in [0.1, 0.15) is 18.1 Å². The van der Waals surface area contributed by atoms with Gasteiger partial charge in [0.2, 0.25) is 0 Å². The maximum absolute atomic E-state index is 12.6. The summed E-state index contributed by atoms with van der Waals surface area (Å²) < 4.78 is 50.4. The predicted octanol–water partition coefficient (Wildman–Crippen LogP) is 4.92. The van der Waals surface area contributed by atoms with E-state index in [2.05, 4.69) is 21.3 Å². The Morgan fingerprint density at radius 3 is 2.59 bits per heavy atom. The molecule has 0 bridgehead atoms. The molecule has 0 saturated carbocycles. The number of aryl methyl sites for hydroxylation is 1. The number of carbonyl (C=O) groups excluding carboxylic acids is 1. The molecule has 2 aromatic carbocycles. The van der Waals surface area contributed by atoms with Crippen molar-refractivity contribution in [2.45, 2.75) is 12.9 Å². The minimum Gasteiger partial charge on any atom is -0.491 e. The predicted molar refractivity (Wildman–Crippen MR) is 118 cm³/mol. The van der Waals surface area contributed by atoms with E-state index in [1.165, 1.54) is 12.1 Å². The molecule has 0 spiro atoms. The van der Waals surface area contributed by atoms with Crippen molar-refractivity contribution in [3.63, 3.8) is 0 Å². The van der Waals surface area contributed by atoms with Crippen molar-refractivity contribution in [2.24, 2.45) is 7.05 Å². The van der Waals surface area contributed by atoms with Gasteiger partial charge >= 0.3 is 6.36 Å². The van der Waals surface area contributed by atoms with Crippen molar-refractivity contribution in [3.05, 3.63) is 84.8 Å². The number of ether oxygens (including phenoxy) is 2. The average Bonchev–Trinajstić information content (AvgIpc) is 3.46. The van der Waals surface area contributed by atoms with Gasteiger partial charge in [0.05, 0.1) is 18.4 Å². The fourth-order valence-electron chi connectivity index (χ4n) is 3.30. The fourth-order valence-corrected chi connectivity index (χ4v) is 3.30. The van der Waals surface area contributed by atoms with Gasteiger partial charge in [-0.1, -0.05) is 0 Å². The van der Waals surface area contributed by atoms with E-state index in [0.717, 1.165) is 23.4 Å². The van der Waals surface area contributed by atoms with Crippen molar-refractivity contribution in [1.82, 2.24) is 14.3 Å².